The summed E-state index contributed by atoms with van der Waals surface area (Å²) < 4.78 is 12.3. The van der Waals surface area contributed by atoms with Crippen molar-refractivity contribution in [3.05, 3.63) is 35.4 Å². The molecule has 1 aromatic carbocycles. The zero-order chi connectivity index (χ0) is 9.84. The maximum Gasteiger partial charge on any atom is 0.313 e. The number of hydrogen-bond acceptors (Lipinski definition) is 1. The van der Waals surface area contributed by atoms with Gasteiger partial charge in [-0.1, -0.05) is 29.8 Å². The minimum absolute atomic E-state index is 0.514. The van der Waals surface area contributed by atoms with Gasteiger partial charge in [0.2, 0.25) is 0 Å². The number of carboxylic acids is 1. The Hall–Kier alpha value is -1.38. The smallest absolute Gasteiger partial charge is 0.313 e. The molecular weight excluding hydrogens is 171 g/mol. The zero-order valence-corrected chi connectivity index (χ0v) is 7.33. The number of rotatable bonds is 3. The van der Waals surface area contributed by atoms with E-state index < -0.39 is 18.6 Å². The van der Waals surface area contributed by atoms with Crippen molar-refractivity contribution in [2.45, 2.75) is 12.8 Å². The van der Waals surface area contributed by atoms with E-state index in [4.69, 9.17) is 5.11 Å². The van der Waals surface area contributed by atoms with Crippen LogP contribution in [0.2, 0.25) is 0 Å². The minimum Gasteiger partial charge on any atom is -0.481 e. The maximum absolute atomic E-state index is 12.3. The summed E-state index contributed by atoms with van der Waals surface area (Å²) in [6.45, 7) is 1.04. The van der Waals surface area contributed by atoms with E-state index in [0.717, 1.165) is 5.56 Å². The molecule has 0 aromatic heterocycles. The number of benzene rings is 1. The summed E-state index contributed by atoms with van der Waals surface area (Å²) in [4.78, 5) is 10.6. The summed E-state index contributed by atoms with van der Waals surface area (Å²) in [6, 6.07) is 6.85. The second-order valence-corrected chi connectivity index (χ2v) is 2.96. The Morgan fingerprint density at radius 3 is 2.38 bits per heavy atom. The fourth-order valence-electron chi connectivity index (χ4n) is 1.10. The molecule has 13 heavy (non-hydrogen) atoms. The Morgan fingerprint density at radius 1 is 1.46 bits per heavy atom. The topological polar surface area (TPSA) is 37.3 Å². The molecule has 1 aromatic rings. The SMILES string of the molecule is Cc1ccc(C(CF)C(=O)O)cc1. The van der Waals surface area contributed by atoms with Crippen LogP contribution >= 0.6 is 0 Å². The van der Waals surface area contributed by atoms with Gasteiger partial charge >= 0.3 is 5.97 Å². The highest BCUT2D eigenvalue weighted by Crippen LogP contribution is 2.17. The van der Waals surface area contributed by atoms with Crippen molar-refractivity contribution in [2.75, 3.05) is 6.67 Å². The van der Waals surface area contributed by atoms with Crippen LogP contribution in [-0.2, 0) is 4.79 Å². The molecule has 0 amide bonds. The number of carboxylic acid groups (broad SMARTS) is 1. The highest BCUT2D eigenvalue weighted by Gasteiger charge is 2.18. The van der Waals surface area contributed by atoms with Gasteiger partial charge in [0.25, 0.3) is 0 Å². The molecular formula is C10H11FO2. The first kappa shape index (κ1) is 9.71. The van der Waals surface area contributed by atoms with Crippen LogP contribution in [-0.4, -0.2) is 17.8 Å². The molecule has 0 saturated carbocycles. The van der Waals surface area contributed by atoms with Gasteiger partial charge in [-0.2, -0.15) is 0 Å². The van der Waals surface area contributed by atoms with Crippen molar-refractivity contribution in [3.63, 3.8) is 0 Å². The molecule has 1 atom stereocenters. The number of halogens is 1. The lowest BCUT2D eigenvalue weighted by atomic mass is 10.00. The second kappa shape index (κ2) is 4.03. The van der Waals surface area contributed by atoms with Crippen LogP contribution in [0, 0.1) is 6.92 Å². The summed E-state index contributed by atoms with van der Waals surface area (Å²) in [5.41, 5.74) is 1.55. The number of aliphatic carboxylic acids is 1. The van der Waals surface area contributed by atoms with Crippen molar-refractivity contribution in [3.8, 4) is 0 Å². The largest absolute Gasteiger partial charge is 0.481 e. The van der Waals surface area contributed by atoms with Gasteiger partial charge in [-0.15, -0.1) is 0 Å². The van der Waals surface area contributed by atoms with Crippen LogP contribution in [0.25, 0.3) is 0 Å². The predicted octanol–water partition coefficient (Wildman–Crippen LogP) is 2.13. The van der Waals surface area contributed by atoms with E-state index in [-0.39, 0.29) is 0 Å². The molecule has 0 aliphatic rings. The summed E-state index contributed by atoms with van der Waals surface area (Å²) in [5, 5.41) is 8.66. The Balaban J connectivity index is 2.92. The first-order valence-corrected chi connectivity index (χ1v) is 4.00. The molecule has 0 radical (unpaired) electrons. The highest BCUT2D eigenvalue weighted by molar-refractivity contribution is 5.76. The van der Waals surface area contributed by atoms with Gasteiger partial charge in [-0.25, -0.2) is 4.39 Å². The molecule has 3 heteroatoms. The fraction of sp³-hybridized carbons (Fsp3) is 0.300. The lowest BCUT2D eigenvalue weighted by molar-refractivity contribution is -0.139. The Morgan fingerprint density at radius 2 is 2.00 bits per heavy atom. The molecule has 0 aliphatic carbocycles. The maximum atomic E-state index is 12.3. The molecule has 0 spiro atoms. The first-order chi connectivity index (χ1) is 6.15. The van der Waals surface area contributed by atoms with Gasteiger partial charge in [0, 0.05) is 0 Å². The van der Waals surface area contributed by atoms with Gasteiger partial charge in [0.1, 0.15) is 12.6 Å². The standard InChI is InChI=1S/C10H11FO2/c1-7-2-4-8(5-3-7)9(6-11)10(12)13/h2-5,9H,6H2,1H3,(H,12,13). The van der Waals surface area contributed by atoms with Crippen molar-refractivity contribution < 1.29 is 14.3 Å². The number of carbonyl (C=O) groups is 1. The average Bonchev–Trinajstić information content (AvgIpc) is 2.09. The van der Waals surface area contributed by atoms with Crippen LogP contribution in [0.4, 0.5) is 4.39 Å². The number of alkyl halides is 1. The third kappa shape index (κ3) is 2.28. The quantitative estimate of drug-likeness (QED) is 0.777. The first-order valence-electron chi connectivity index (χ1n) is 4.00. The molecule has 0 bridgehead atoms. The summed E-state index contributed by atoms with van der Waals surface area (Å²) in [6.07, 6.45) is 0. The van der Waals surface area contributed by atoms with Crippen molar-refractivity contribution in [2.24, 2.45) is 0 Å². The van der Waals surface area contributed by atoms with Crippen LogP contribution in [0.15, 0.2) is 24.3 Å². The van der Waals surface area contributed by atoms with Crippen LogP contribution in [0.5, 0.6) is 0 Å². The van der Waals surface area contributed by atoms with Crippen LogP contribution < -0.4 is 0 Å². The van der Waals surface area contributed by atoms with Gasteiger partial charge in [-0.05, 0) is 12.5 Å². The van der Waals surface area contributed by atoms with E-state index in [0.29, 0.717) is 5.56 Å². The van der Waals surface area contributed by atoms with Gasteiger partial charge in [0.05, 0.1) is 0 Å². The fourth-order valence-corrected chi connectivity index (χ4v) is 1.10. The molecule has 1 rings (SSSR count). The lowest BCUT2D eigenvalue weighted by Crippen LogP contribution is -2.13. The monoisotopic (exact) mass is 182 g/mol. The number of hydrogen-bond donors (Lipinski definition) is 1. The Labute approximate surface area is 76.0 Å². The third-order valence-corrected chi connectivity index (χ3v) is 1.93. The van der Waals surface area contributed by atoms with Gasteiger partial charge < -0.3 is 5.11 Å². The summed E-state index contributed by atoms with van der Waals surface area (Å²) in [7, 11) is 0. The molecule has 70 valence electrons. The van der Waals surface area contributed by atoms with E-state index >= 15 is 0 Å². The molecule has 0 aliphatic heterocycles. The molecule has 1 N–H and O–H groups in total. The molecule has 1 unspecified atom stereocenters. The highest BCUT2D eigenvalue weighted by atomic mass is 19.1. The predicted molar refractivity (Wildman–Crippen MR) is 47.5 cm³/mol. The van der Waals surface area contributed by atoms with E-state index in [1.807, 2.05) is 6.92 Å². The minimum atomic E-state index is -1.12. The average molecular weight is 182 g/mol. The van der Waals surface area contributed by atoms with E-state index in [9.17, 15) is 9.18 Å². The Kier molecular flexibility index (Phi) is 3.01. The van der Waals surface area contributed by atoms with E-state index in [2.05, 4.69) is 0 Å². The van der Waals surface area contributed by atoms with Gasteiger partial charge in [-0.3, -0.25) is 4.79 Å². The van der Waals surface area contributed by atoms with Crippen LogP contribution in [0.1, 0.15) is 17.0 Å². The van der Waals surface area contributed by atoms with E-state index in [1.54, 1.807) is 24.3 Å². The summed E-state index contributed by atoms with van der Waals surface area (Å²) in [5.74, 6) is -2.15. The second-order valence-electron chi connectivity index (χ2n) is 2.96. The third-order valence-electron chi connectivity index (χ3n) is 1.93. The van der Waals surface area contributed by atoms with Crippen molar-refractivity contribution >= 4 is 5.97 Å². The van der Waals surface area contributed by atoms with Crippen molar-refractivity contribution in [1.29, 1.82) is 0 Å². The van der Waals surface area contributed by atoms with Crippen LogP contribution in [0.3, 0.4) is 0 Å². The molecule has 0 fully saturated rings. The molecule has 2 nitrogen and oxygen atoms in total. The van der Waals surface area contributed by atoms with E-state index in [1.165, 1.54) is 0 Å². The van der Waals surface area contributed by atoms with Gasteiger partial charge in [0.15, 0.2) is 0 Å². The zero-order valence-electron chi connectivity index (χ0n) is 7.33. The Bertz CT molecular complexity index is 292. The van der Waals surface area contributed by atoms with Crippen molar-refractivity contribution in [1.82, 2.24) is 0 Å². The molecule has 0 saturated heterocycles. The molecule has 0 heterocycles. The lowest BCUT2D eigenvalue weighted by Gasteiger charge is -2.07. The summed E-state index contributed by atoms with van der Waals surface area (Å²) >= 11 is 0. The normalized spacial score (nSPS) is 12.5. The number of aryl methyl sites for hydroxylation is 1.